The summed E-state index contributed by atoms with van der Waals surface area (Å²) in [7, 11) is 0. The van der Waals surface area contributed by atoms with Crippen LogP contribution in [0.3, 0.4) is 0 Å². The van der Waals surface area contributed by atoms with E-state index >= 15 is 0 Å². The van der Waals surface area contributed by atoms with E-state index in [4.69, 9.17) is 5.73 Å². The lowest BCUT2D eigenvalue weighted by molar-refractivity contribution is -0.142. The normalized spacial score (nSPS) is 13.7. The molecule has 0 fully saturated rings. The van der Waals surface area contributed by atoms with Crippen LogP contribution in [-0.4, -0.2) is 65.5 Å². The van der Waals surface area contributed by atoms with E-state index in [1.165, 1.54) is 11.8 Å². The van der Waals surface area contributed by atoms with Gasteiger partial charge in [0.25, 0.3) is 0 Å². The molecular weight excluding hydrogens is 420 g/mol. The number of rotatable bonds is 13. The third kappa shape index (κ3) is 9.39. The monoisotopic (exact) mass is 452 g/mol. The molecule has 10 heteroatoms. The van der Waals surface area contributed by atoms with E-state index in [0.29, 0.717) is 5.75 Å². The zero-order valence-corrected chi connectivity index (χ0v) is 18.9. The second-order valence-corrected chi connectivity index (χ2v) is 8.41. The molecule has 0 heterocycles. The van der Waals surface area contributed by atoms with Crippen molar-refractivity contribution in [3.63, 3.8) is 0 Å². The van der Waals surface area contributed by atoms with Gasteiger partial charge < -0.3 is 26.8 Å². The highest BCUT2D eigenvalue weighted by atomic mass is 32.2. The van der Waals surface area contributed by atoms with Gasteiger partial charge in [0.1, 0.15) is 18.1 Å². The van der Waals surface area contributed by atoms with Crippen LogP contribution >= 0.6 is 11.8 Å². The van der Waals surface area contributed by atoms with Crippen LogP contribution in [0.2, 0.25) is 0 Å². The van der Waals surface area contributed by atoms with Crippen molar-refractivity contribution in [1.82, 2.24) is 16.0 Å². The fourth-order valence-electron chi connectivity index (χ4n) is 2.85. The van der Waals surface area contributed by atoms with Crippen molar-refractivity contribution < 1.29 is 24.3 Å². The molecule has 1 rings (SSSR count). The minimum absolute atomic E-state index is 0.170. The summed E-state index contributed by atoms with van der Waals surface area (Å²) in [4.78, 5) is 49.0. The van der Waals surface area contributed by atoms with Gasteiger partial charge in [-0.1, -0.05) is 44.2 Å². The lowest BCUT2D eigenvalue weighted by Gasteiger charge is -2.26. The molecule has 0 saturated carbocycles. The maximum Gasteiger partial charge on any atom is 0.326 e. The number of hydrogen-bond donors (Lipinski definition) is 5. The number of aliphatic carboxylic acids is 1. The number of carbonyl (C=O) groups excluding carboxylic acids is 3. The van der Waals surface area contributed by atoms with E-state index in [-0.39, 0.29) is 25.3 Å². The molecule has 0 aliphatic rings. The second-order valence-electron chi connectivity index (χ2n) is 7.43. The Morgan fingerprint density at radius 2 is 1.61 bits per heavy atom. The van der Waals surface area contributed by atoms with Crippen molar-refractivity contribution in [2.75, 3.05) is 18.6 Å². The first-order valence-corrected chi connectivity index (χ1v) is 11.4. The van der Waals surface area contributed by atoms with E-state index in [2.05, 4.69) is 16.0 Å². The van der Waals surface area contributed by atoms with Gasteiger partial charge in [0.05, 0.1) is 6.54 Å². The van der Waals surface area contributed by atoms with Gasteiger partial charge in [-0.2, -0.15) is 11.8 Å². The van der Waals surface area contributed by atoms with Gasteiger partial charge in [0, 0.05) is 6.42 Å². The highest BCUT2D eigenvalue weighted by Gasteiger charge is 2.30. The molecule has 172 valence electrons. The van der Waals surface area contributed by atoms with E-state index in [9.17, 15) is 24.3 Å². The molecule has 6 N–H and O–H groups in total. The van der Waals surface area contributed by atoms with E-state index < -0.39 is 41.8 Å². The quantitative estimate of drug-likeness (QED) is 0.285. The number of carboxylic acid groups (broad SMARTS) is 1. The number of benzene rings is 1. The number of nitrogens with one attached hydrogen (secondary N) is 3. The number of hydrogen-bond acceptors (Lipinski definition) is 6. The maximum atomic E-state index is 12.9. The smallest absolute Gasteiger partial charge is 0.326 e. The van der Waals surface area contributed by atoms with Crippen LogP contribution in [0.4, 0.5) is 0 Å². The average molecular weight is 453 g/mol. The van der Waals surface area contributed by atoms with Crippen molar-refractivity contribution in [2.45, 2.75) is 44.8 Å². The standard InChI is InChI=1S/C21H32N4O5S/c1-13(2)18(25-17(26)12-22)20(28)24-16(11-14-7-5-4-6-8-14)19(27)23-15(21(29)30)9-10-31-3/h4-8,13,15-16,18H,9-12,22H2,1-3H3,(H,23,27)(H,24,28)(H,25,26)(H,29,30). The Morgan fingerprint density at radius 1 is 1.00 bits per heavy atom. The fourth-order valence-corrected chi connectivity index (χ4v) is 3.32. The number of carboxylic acids is 1. The first-order chi connectivity index (χ1) is 14.7. The molecule has 1 aromatic carbocycles. The lowest BCUT2D eigenvalue weighted by Crippen LogP contribution is -2.58. The molecule has 0 bridgehead atoms. The molecule has 0 radical (unpaired) electrons. The van der Waals surface area contributed by atoms with Crippen molar-refractivity contribution in [1.29, 1.82) is 0 Å². The molecule has 0 aliphatic carbocycles. The van der Waals surface area contributed by atoms with Gasteiger partial charge in [-0.25, -0.2) is 4.79 Å². The molecule has 3 unspecified atom stereocenters. The molecule has 3 amide bonds. The summed E-state index contributed by atoms with van der Waals surface area (Å²) >= 11 is 1.48. The third-order valence-corrected chi connectivity index (χ3v) is 5.24. The summed E-state index contributed by atoms with van der Waals surface area (Å²) in [6.07, 6.45) is 2.28. The van der Waals surface area contributed by atoms with Gasteiger partial charge in [-0.3, -0.25) is 14.4 Å². The molecule has 1 aromatic rings. The Labute approximate surface area is 186 Å². The molecule has 9 nitrogen and oxygen atoms in total. The van der Waals surface area contributed by atoms with E-state index in [1.54, 1.807) is 13.8 Å². The molecule has 0 spiro atoms. The van der Waals surface area contributed by atoms with E-state index in [1.807, 2.05) is 36.6 Å². The fraction of sp³-hybridized carbons (Fsp3) is 0.524. The zero-order valence-electron chi connectivity index (χ0n) is 18.1. The number of carbonyl (C=O) groups is 4. The molecule has 0 aromatic heterocycles. The zero-order chi connectivity index (χ0) is 23.4. The number of amides is 3. The van der Waals surface area contributed by atoms with Crippen LogP contribution in [0.15, 0.2) is 30.3 Å². The van der Waals surface area contributed by atoms with Crippen molar-refractivity contribution in [2.24, 2.45) is 11.7 Å². The second kappa shape index (κ2) is 13.7. The summed E-state index contributed by atoms with van der Waals surface area (Å²) in [6, 6.07) is 6.11. The Bertz CT molecular complexity index is 745. The Hall–Kier alpha value is -2.59. The van der Waals surface area contributed by atoms with Crippen LogP contribution in [0.5, 0.6) is 0 Å². The van der Waals surface area contributed by atoms with Crippen LogP contribution in [-0.2, 0) is 25.6 Å². The van der Waals surface area contributed by atoms with Crippen LogP contribution in [0.25, 0.3) is 0 Å². The first kappa shape index (κ1) is 26.4. The topological polar surface area (TPSA) is 151 Å². The van der Waals surface area contributed by atoms with Gasteiger partial charge in [-0.05, 0) is 29.9 Å². The third-order valence-electron chi connectivity index (χ3n) is 4.59. The Kier molecular flexibility index (Phi) is 11.7. The van der Waals surface area contributed by atoms with Crippen LogP contribution in [0, 0.1) is 5.92 Å². The van der Waals surface area contributed by atoms with Gasteiger partial charge >= 0.3 is 5.97 Å². The minimum Gasteiger partial charge on any atom is -0.480 e. The largest absolute Gasteiger partial charge is 0.480 e. The van der Waals surface area contributed by atoms with E-state index in [0.717, 1.165) is 5.56 Å². The Balaban J connectivity index is 3.04. The number of nitrogens with two attached hydrogens (primary N) is 1. The predicted molar refractivity (Wildman–Crippen MR) is 120 cm³/mol. The predicted octanol–water partition coefficient (Wildman–Crippen LogP) is 0.136. The number of thioether (sulfide) groups is 1. The SMILES string of the molecule is CSCCC(NC(=O)C(Cc1ccccc1)NC(=O)C(NC(=O)CN)C(C)C)C(=O)O. The van der Waals surface area contributed by atoms with Crippen molar-refractivity contribution >= 4 is 35.5 Å². The van der Waals surface area contributed by atoms with Gasteiger partial charge in [0.2, 0.25) is 17.7 Å². The highest BCUT2D eigenvalue weighted by Crippen LogP contribution is 2.08. The molecule has 0 saturated heterocycles. The average Bonchev–Trinajstić information content (AvgIpc) is 2.74. The molecular formula is C21H32N4O5S. The molecule has 3 atom stereocenters. The summed E-state index contributed by atoms with van der Waals surface area (Å²) in [5, 5.41) is 17.2. The first-order valence-electron chi connectivity index (χ1n) is 10.0. The lowest BCUT2D eigenvalue weighted by atomic mass is 10.0. The van der Waals surface area contributed by atoms with Crippen molar-refractivity contribution in [3.05, 3.63) is 35.9 Å². The molecule has 31 heavy (non-hydrogen) atoms. The summed E-state index contributed by atoms with van der Waals surface area (Å²) < 4.78 is 0. The van der Waals surface area contributed by atoms with Crippen molar-refractivity contribution in [3.8, 4) is 0 Å². The van der Waals surface area contributed by atoms with Gasteiger partial charge in [-0.15, -0.1) is 0 Å². The summed E-state index contributed by atoms with van der Waals surface area (Å²) in [5.41, 5.74) is 6.13. The Morgan fingerprint density at radius 3 is 2.13 bits per heavy atom. The summed E-state index contributed by atoms with van der Waals surface area (Å²) in [5.74, 6) is -2.44. The highest BCUT2D eigenvalue weighted by molar-refractivity contribution is 7.98. The minimum atomic E-state index is -1.14. The van der Waals surface area contributed by atoms with Crippen LogP contribution < -0.4 is 21.7 Å². The molecule has 0 aliphatic heterocycles. The van der Waals surface area contributed by atoms with Crippen LogP contribution in [0.1, 0.15) is 25.8 Å². The maximum absolute atomic E-state index is 12.9. The van der Waals surface area contributed by atoms with Gasteiger partial charge in [0.15, 0.2) is 0 Å². The summed E-state index contributed by atoms with van der Waals surface area (Å²) in [6.45, 7) is 3.26.